The average Bonchev–Trinajstić information content (AvgIpc) is 3.28. The van der Waals surface area contributed by atoms with Crippen molar-refractivity contribution in [3.8, 4) is 0 Å². The van der Waals surface area contributed by atoms with Gasteiger partial charge in [-0.3, -0.25) is 4.84 Å². The Labute approximate surface area is 157 Å². The highest BCUT2D eigenvalue weighted by atomic mass is 16.7. The molecule has 1 saturated heterocycles. The van der Waals surface area contributed by atoms with Gasteiger partial charge in [0.05, 0.1) is 31.5 Å². The van der Waals surface area contributed by atoms with E-state index in [0.29, 0.717) is 19.0 Å². The molecular formula is C18H24N4O5. The zero-order valence-electron chi connectivity index (χ0n) is 15.3. The smallest absolute Gasteiger partial charge is 0.407 e. The highest BCUT2D eigenvalue weighted by Gasteiger charge is 2.47. The SMILES string of the molecule is C=CCON1C(=O)N2C[C@H]1C=C(c1ncco1)[C@H]2CNC(=O)OCCCC. The van der Waals surface area contributed by atoms with E-state index in [2.05, 4.69) is 16.9 Å². The van der Waals surface area contributed by atoms with Crippen LogP contribution in [0.3, 0.4) is 0 Å². The third-order valence-corrected chi connectivity index (χ3v) is 4.41. The fourth-order valence-electron chi connectivity index (χ4n) is 3.11. The van der Waals surface area contributed by atoms with Crippen molar-refractivity contribution in [3.63, 3.8) is 0 Å². The van der Waals surface area contributed by atoms with Crippen LogP contribution in [0.25, 0.3) is 5.57 Å². The number of amides is 3. The van der Waals surface area contributed by atoms with E-state index in [4.69, 9.17) is 14.0 Å². The molecule has 9 heteroatoms. The predicted molar refractivity (Wildman–Crippen MR) is 96.4 cm³/mol. The van der Waals surface area contributed by atoms with E-state index < -0.39 is 12.1 Å². The first-order chi connectivity index (χ1) is 13.2. The molecule has 3 heterocycles. The Morgan fingerprint density at radius 3 is 3.11 bits per heavy atom. The second-order valence-electron chi connectivity index (χ2n) is 6.26. The predicted octanol–water partition coefficient (Wildman–Crippen LogP) is 2.19. The summed E-state index contributed by atoms with van der Waals surface area (Å²) in [4.78, 5) is 36.0. The van der Waals surface area contributed by atoms with Crippen molar-refractivity contribution >= 4 is 17.7 Å². The van der Waals surface area contributed by atoms with Crippen LogP contribution < -0.4 is 5.32 Å². The fraction of sp³-hybridized carbons (Fsp3) is 0.500. The van der Waals surface area contributed by atoms with E-state index in [9.17, 15) is 9.59 Å². The minimum Gasteiger partial charge on any atom is -0.450 e. The van der Waals surface area contributed by atoms with Crippen LogP contribution in [0.15, 0.2) is 35.6 Å². The molecule has 2 aliphatic rings. The van der Waals surface area contributed by atoms with Crippen molar-refractivity contribution in [2.45, 2.75) is 31.8 Å². The van der Waals surface area contributed by atoms with E-state index in [1.165, 1.54) is 11.3 Å². The largest absolute Gasteiger partial charge is 0.450 e. The Morgan fingerprint density at radius 1 is 1.56 bits per heavy atom. The van der Waals surface area contributed by atoms with Gasteiger partial charge in [-0.05, 0) is 12.5 Å². The van der Waals surface area contributed by atoms with Gasteiger partial charge < -0.3 is 19.4 Å². The van der Waals surface area contributed by atoms with Crippen molar-refractivity contribution in [3.05, 3.63) is 37.1 Å². The minimum atomic E-state index is -0.510. The lowest BCUT2D eigenvalue weighted by Crippen LogP contribution is -2.47. The number of carbonyl (C=O) groups is 2. The second-order valence-corrected chi connectivity index (χ2v) is 6.26. The van der Waals surface area contributed by atoms with E-state index >= 15 is 0 Å². The maximum atomic E-state index is 12.7. The monoisotopic (exact) mass is 376 g/mol. The molecule has 27 heavy (non-hydrogen) atoms. The fourth-order valence-corrected chi connectivity index (χ4v) is 3.11. The topological polar surface area (TPSA) is 97.1 Å². The summed E-state index contributed by atoms with van der Waals surface area (Å²) in [5.74, 6) is 0.411. The summed E-state index contributed by atoms with van der Waals surface area (Å²) in [6.45, 7) is 6.86. The number of carbonyl (C=O) groups excluding carboxylic acids is 2. The van der Waals surface area contributed by atoms with Gasteiger partial charge >= 0.3 is 12.1 Å². The molecule has 3 amide bonds. The number of unbranched alkanes of at least 4 members (excludes halogenated alkanes) is 1. The number of urea groups is 1. The zero-order valence-corrected chi connectivity index (χ0v) is 15.3. The summed E-state index contributed by atoms with van der Waals surface area (Å²) in [6, 6.07) is -0.957. The lowest BCUT2D eigenvalue weighted by molar-refractivity contribution is -0.107. The highest BCUT2D eigenvalue weighted by Crippen LogP contribution is 2.33. The van der Waals surface area contributed by atoms with Crippen LogP contribution in [0.5, 0.6) is 0 Å². The number of oxazole rings is 1. The van der Waals surface area contributed by atoms with Gasteiger partial charge in [0.25, 0.3) is 0 Å². The molecule has 2 atom stereocenters. The number of hydroxylamine groups is 2. The van der Waals surface area contributed by atoms with Crippen LogP contribution in [0.2, 0.25) is 0 Å². The van der Waals surface area contributed by atoms with Crippen LogP contribution in [-0.2, 0) is 9.57 Å². The Hall–Kier alpha value is -2.81. The van der Waals surface area contributed by atoms with Gasteiger partial charge in [0.2, 0.25) is 5.89 Å². The summed E-state index contributed by atoms with van der Waals surface area (Å²) in [7, 11) is 0. The number of aromatic nitrogens is 1. The maximum absolute atomic E-state index is 12.7. The Kier molecular flexibility index (Phi) is 6.12. The first-order valence-corrected chi connectivity index (χ1v) is 9.01. The summed E-state index contributed by atoms with van der Waals surface area (Å²) >= 11 is 0. The molecule has 0 aliphatic carbocycles. The Morgan fingerprint density at radius 2 is 2.41 bits per heavy atom. The number of fused-ring (bicyclic) bond motifs is 2. The molecule has 9 nitrogen and oxygen atoms in total. The quantitative estimate of drug-likeness (QED) is 0.524. The number of hydrogen-bond acceptors (Lipinski definition) is 6. The van der Waals surface area contributed by atoms with Gasteiger partial charge in [0, 0.05) is 18.7 Å². The number of rotatable bonds is 9. The molecule has 146 valence electrons. The van der Waals surface area contributed by atoms with Gasteiger partial charge in [0.1, 0.15) is 6.26 Å². The lowest BCUT2D eigenvalue weighted by atomic mass is 9.99. The van der Waals surface area contributed by atoms with E-state index in [-0.39, 0.29) is 25.2 Å². The molecule has 1 N–H and O–H groups in total. The average molecular weight is 376 g/mol. The first kappa shape index (κ1) is 19.0. The highest BCUT2D eigenvalue weighted by molar-refractivity contribution is 5.83. The summed E-state index contributed by atoms with van der Waals surface area (Å²) in [5.41, 5.74) is 0.725. The van der Waals surface area contributed by atoms with Gasteiger partial charge in [-0.1, -0.05) is 19.4 Å². The molecule has 2 aliphatic heterocycles. The standard InChI is InChI=1S/C18H24N4O5/c1-3-5-8-26-17(23)20-11-15-14(16-19-6-9-25-16)10-13-12-21(15)18(24)22(13)27-7-4-2/h4,6,9-10,13,15H,2-3,5,7-8,11-12H2,1H3,(H,20,23)/t13-,15-/m1/s1. The van der Waals surface area contributed by atoms with Gasteiger partial charge in [-0.15, -0.1) is 6.58 Å². The summed E-state index contributed by atoms with van der Waals surface area (Å²) < 4.78 is 10.6. The first-order valence-electron chi connectivity index (χ1n) is 9.01. The van der Waals surface area contributed by atoms with Crippen molar-refractivity contribution in [2.75, 3.05) is 26.3 Å². The minimum absolute atomic E-state index is 0.187. The molecule has 0 unspecified atom stereocenters. The van der Waals surface area contributed by atoms with Crippen LogP contribution in [0.4, 0.5) is 9.59 Å². The van der Waals surface area contributed by atoms with Crippen LogP contribution in [0.1, 0.15) is 25.7 Å². The second kappa shape index (κ2) is 8.72. The number of nitrogens with one attached hydrogen (secondary N) is 1. The molecule has 2 bridgehead atoms. The van der Waals surface area contributed by atoms with Crippen LogP contribution in [-0.4, -0.2) is 65.5 Å². The van der Waals surface area contributed by atoms with Crippen LogP contribution in [0, 0.1) is 0 Å². The molecule has 0 aromatic carbocycles. The Bertz CT molecular complexity index is 703. The van der Waals surface area contributed by atoms with Crippen molar-refractivity contribution in [1.29, 1.82) is 0 Å². The van der Waals surface area contributed by atoms with Gasteiger partial charge in [-0.2, -0.15) is 5.06 Å². The van der Waals surface area contributed by atoms with E-state index in [1.807, 2.05) is 13.0 Å². The normalized spacial score (nSPS) is 21.2. The third kappa shape index (κ3) is 4.13. The summed E-state index contributed by atoms with van der Waals surface area (Å²) in [6.07, 6.45) is 7.72. The molecule has 0 saturated carbocycles. The maximum Gasteiger partial charge on any atom is 0.407 e. The zero-order chi connectivity index (χ0) is 19.2. The van der Waals surface area contributed by atoms with Gasteiger partial charge in [-0.25, -0.2) is 14.6 Å². The third-order valence-electron chi connectivity index (χ3n) is 4.41. The Balaban J connectivity index is 1.74. The van der Waals surface area contributed by atoms with Gasteiger partial charge in [0.15, 0.2) is 0 Å². The molecule has 1 fully saturated rings. The lowest BCUT2D eigenvalue weighted by Gasteiger charge is -2.30. The van der Waals surface area contributed by atoms with E-state index in [0.717, 1.165) is 18.4 Å². The molecular weight excluding hydrogens is 352 g/mol. The number of alkyl carbamates (subject to hydrolysis) is 1. The summed E-state index contributed by atoms with van der Waals surface area (Å²) in [5, 5.41) is 4.05. The van der Waals surface area contributed by atoms with E-state index in [1.54, 1.807) is 17.2 Å². The number of nitrogens with zero attached hydrogens (tertiary/aromatic N) is 3. The molecule has 0 spiro atoms. The van der Waals surface area contributed by atoms with Crippen LogP contribution >= 0.6 is 0 Å². The molecule has 1 aromatic heterocycles. The molecule has 0 radical (unpaired) electrons. The molecule has 1 aromatic rings. The van der Waals surface area contributed by atoms with Crippen molar-refractivity contribution in [1.82, 2.24) is 20.3 Å². The van der Waals surface area contributed by atoms with Crippen molar-refractivity contribution < 1.29 is 23.6 Å². The van der Waals surface area contributed by atoms with Crippen molar-refractivity contribution in [2.24, 2.45) is 0 Å². The number of ether oxygens (including phenoxy) is 1. The number of hydrogen-bond donors (Lipinski definition) is 1. The molecule has 3 rings (SSSR count).